The van der Waals surface area contributed by atoms with Gasteiger partial charge in [-0.15, -0.1) is 0 Å². The van der Waals surface area contributed by atoms with Crippen LogP contribution in [0.2, 0.25) is 0 Å². The number of hydrogen-bond acceptors (Lipinski definition) is 2. The van der Waals surface area contributed by atoms with Crippen LogP contribution in [0.5, 0.6) is 0 Å². The van der Waals surface area contributed by atoms with Crippen molar-refractivity contribution in [2.45, 2.75) is 57.4 Å². The number of nitrogens with zero attached hydrogens (tertiary/aromatic N) is 1. The quantitative estimate of drug-likeness (QED) is 0.640. The van der Waals surface area contributed by atoms with E-state index in [0.29, 0.717) is 11.3 Å². The number of rotatable bonds is 1. The van der Waals surface area contributed by atoms with Gasteiger partial charge in [-0.1, -0.05) is 19.3 Å². The minimum absolute atomic E-state index is 0.416. The van der Waals surface area contributed by atoms with Crippen LogP contribution in [-0.4, -0.2) is 29.3 Å². The van der Waals surface area contributed by atoms with E-state index in [1.165, 1.54) is 32.1 Å². The summed E-state index contributed by atoms with van der Waals surface area (Å²) in [6.45, 7) is 4.41. The molecule has 0 amide bonds. The zero-order valence-corrected chi connectivity index (χ0v) is 9.22. The van der Waals surface area contributed by atoms with E-state index in [1.54, 1.807) is 0 Å². The van der Waals surface area contributed by atoms with Crippen LogP contribution in [0.4, 0.5) is 0 Å². The summed E-state index contributed by atoms with van der Waals surface area (Å²) in [5.41, 5.74) is 0.416. The van der Waals surface area contributed by atoms with Gasteiger partial charge < -0.3 is 0 Å². The molecule has 2 heteroatoms. The third-order valence-electron chi connectivity index (χ3n) is 4.02. The van der Waals surface area contributed by atoms with Gasteiger partial charge in [-0.25, -0.2) is 0 Å². The Kier molecular flexibility index (Phi) is 2.91. The molecule has 0 unspecified atom stereocenters. The molecule has 1 aliphatic heterocycles. The van der Waals surface area contributed by atoms with Crippen molar-refractivity contribution in [1.29, 1.82) is 0 Å². The maximum absolute atomic E-state index is 11.2. The molecule has 1 aliphatic carbocycles. The van der Waals surface area contributed by atoms with Crippen LogP contribution in [0.1, 0.15) is 51.9 Å². The standard InChI is InChI=1S/C12H21NO/c1-12(7-3-2-4-8-12)13-9-5-11(14)6-10-13/h2-10H2,1H3. The number of piperidine rings is 1. The van der Waals surface area contributed by atoms with Crippen molar-refractivity contribution in [3.63, 3.8) is 0 Å². The van der Waals surface area contributed by atoms with Gasteiger partial charge in [-0.05, 0) is 19.8 Å². The lowest BCUT2D eigenvalue weighted by molar-refractivity contribution is -0.123. The Labute approximate surface area is 86.7 Å². The molecule has 0 spiro atoms. The molecule has 0 aromatic heterocycles. The van der Waals surface area contributed by atoms with Crippen molar-refractivity contribution in [2.24, 2.45) is 0 Å². The Bertz CT molecular complexity index is 208. The van der Waals surface area contributed by atoms with E-state index >= 15 is 0 Å². The van der Waals surface area contributed by atoms with Crippen molar-refractivity contribution in [2.75, 3.05) is 13.1 Å². The van der Waals surface area contributed by atoms with E-state index in [9.17, 15) is 4.79 Å². The third-order valence-corrected chi connectivity index (χ3v) is 4.02. The van der Waals surface area contributed by atoms with Crippen molar-refractivity contribution in [3.8, 4) is 0 Å². The van der Waals surface area contributed by atoms with Gasteiger partial charge in [0.15, 0.2) is 0 Å². The average molecular weight is 195 g/mol. The molecule has 0 N–H and O–H groups in total. The number of hydrogen-bond donors (Lipinski definition) is 0. The highest BCUT2D eigenvalue weighted by atomic mass is 16.1. The highest BCUT2D eigenvalue weighted by molar-refractivity contribution is 5.79. The van der Waals surface area contributed by atoms with E-state index < -0.39 is 0 Å². The fourth-order valence-electron chi connectivity index (χ4n) is 2.93. The lowest BCUT2D eigenvalue weighted by atomic mass is 9.81. The first-order valence-electron chi connectivity index (χ1n) is 5.97. The molecule has 2 fully saturated rings. The fourth-order valence-corrected chi connectivity index (χ4v) is 2.93. The summed E-state index contributed by atoms with van der Waals surface area (Å²) in [6, 6.07) is 0. The maximum atomic E-state index is 11.2. The summed E-state index contributed by atoms with van der Waals surface area (Å²) in [4.78, 5) is 13.7. The Balaban J connectivity index is 1.95. The molecule has 1 saturated heterocycles. The molecule has 80 valence electrons. The monoisotopic (exact) mass is 195 g/mol. The second-order valence-corrected chi connectivity index (χ2v) is 5.08. The van der Waals surface area contributed by atoms with Crippen molar-refractivity contribution in [3.05, 3.63) is 0 Å². The van der Waals surface area contributed by atoms with Crippen LogP contribution in [0.3, 0.4) is 0 Å². The zero-order chi connectivity index (χ0) is 10.0. The van der Waals surface area contributed by atoms with Crippen molar-refractivity contribution in [1.82, 2.24) is 4.90 Å². The lowest BCUT2D eigenvalue weighted by Gasteiger charge is -2.45. The minimum Gasteiger partial charge on any atom is -0.300 e. The predicted molar refractivity (Wildman–Crippen MR) is 57.3 cm³/mol. The summed E-state index contributed by atoms with van der Waals surface area (Å²) in [5.74, 6) is 0.459. The molecule has 1 saturated carbocycles. The lowest BCUT2D eigenvalue weighted by Crippen LogP contribution is -2.51. The van der Waals surface area contributed by atoms with E-state index in [-0.39, 0.29) is 0 Å². The number of carbonyl (C=O) groups excluding carboxylic acids is 1. The largest absolute Gasteiger partial charge is 0.300 e. The van der Waals surface area contributed by atoms with Crippen LogP contribution >= 0.6 is 0 Å². The Hall–Kier alpha value is -0.370. The van der Waals surface area contributed by atoms with Gasteiger partial charge in [-0.3, -0.25) is 9.69 Å². The number of likely N-dealkylation sites (tertiary alicyclic amines) is 1. The zero-order valence-electron chi connectivity index (χ0n) is 9.22. The van der Waals surface area contributed by atoms with Gasteiger partial charge in [0.05, 0.1) is 0 Å². The minimum atomic E-state index is 0.416. The number of carbonyl (C=O) groups is 1. The molecule has 1 heterocycles. The maximum Gasteiger partial charge on any atom is 0.135 e. The van der Waals surface area contributed by atoms with Crippen molar-refractivity contribution < 1.29 is 4.79 Å². The molecule has 0 radical (unpaired) electrons. The Morgan fingerprint density at radius 1 is 1.07 bits per heavy atom. The topological polar surface area (TPSA) is 20.3 Å². The van der Waals surface area contributed by atoms with E-state index in [4.69, 9.17) is 0 Å². The van der Waals surface area contributed by atoms with Gasteiger partial charge in [0.2, 0.25) is 0 Å². The van der Waals surface area contributed by atoms with Crippen LogP contribution in [-0.2, 0) is 4.79 Å². The summed E-state index contributed by atoms with van der Waals surface area (Å²) in [6.07, 6.45) is 8.40. The SMILES string of the molecule is CC1(N2CCC(=O)CC2)CCCCC1. The molecule has 14 heavy (non-hydrogen) atoms. The van der Waals surface area contributed by atoms with Gasteiger partial charge in [-0.2, -0.15) is 0 Å². The van der Waals surface area contributed by atoms with Gasteiger partial charge in [0, 0.05) is 31.5 Å². The molecular weight excluding hydrogens is 174 g/mol. The molecule has 2 aliphatic rings. The summed E-state index contributed by atoms with van der Waals surface area (Å²) < 4.78 is 0. The number of ketones is 1. The van der Waals surface area contributed by atoms with Crippen LogP contribution < -0.4 is 0 Å². The van der Waals surface area contributed by atoms with E-state index in [1.807, 2.05) is 0 Å². The van der Waals surface area contributed by atoms with Crippen molar-refractivity contribution >= 4 is 5.78 Å². The smallest absolute Gasteiger partial charge is 0.135 e. The second-order valence-electron chi connectivity index (χ2n) is 5.08. The molecule has 0 atom stereocenters. The summed E-state index contributed by atoms with van der Waals surface area (Å²) >= 11 is 0. The summed E-state index contributed by atoms with van der Waals surface area (Å²) in [7, 11) is 0. The predicted octanol–water partition coefficient (Wildman–Crippen LogP) is 2.37. The molecule has 0 aromatic carbocycles. The highest BCUT2D eigenvalue weighted by Gasteiger charge is 2.34. The van der Waals surface area contributed by atoms with Crippen LogP contribution in [0.25, 0.3) is 0 Å². The molecule has 2 nitrogen and oxygen atoms in total. The number of Topliss-reactive ketones (excluding diaryl/α,β-unsaturated/α-hetero) is 1. The first kappa shape index (κ1) is 10.2. The van der Waals surface area contributed by atoms with Gasteiger partial charge in [0.25, 0.3) is 0 Å². The fraction of sp³-hybridized carbons (Fsp3) is 0.917. The van der Waals surface area contributed by atoms with Gasteiger partial charge in [0.1, 0.15) is 5.78 Å². The van der Waals surface area contributed by atoms with Crippen LogP contribution in [0, 0.1) is 0 Å². The van der Waals surface area contributed by atoms with Crippen LogP contribution in [0.15, 0.2) is 0 Å². The first-order valence-corrected chi connectivity index (χ1v) is 5.97. The second kappa shape index (κ2) is 4.01. The molecule has 0 bridgehead atoms. The summed E-state index contributed by atoms with van der Waals surface area (Å²) in [5, 5.41) is 0. The van der Waals surface area contributed by atoms with E-state index in [0.717, 1.165) is 25.9 Å². The normalized spacial score (nSPS) is 29.1. The molecule has 0 aromatic rings. The Morgan fingerprint density at radius 3 is 2.21 bits per heavy atom. The Morgan fingerprint density at radius 2 is 1.64 bits per heavy atom. The highest BCUT2D eigenvalue weighted by Crippen LogP contribution is 2.34. The van der Waals surface area contributed by atoms with E-state index in [2.05, 4.69) is 11.8 Å². The molecular formula is C12H21NO. The first-order chi connectivity index (χ1) is 6.71. The molecule has 2 rings (SSSR count). The van der Waals surface area contributed by atoms with Gasteiger partial charge >= 0.3 is 0 Å². The average Bonchev–Trinajstić information content (AvgIpc) is 2.19. The third kappa shape index (κ3) is 2.00.